The van der Waals surface area contributed by atoms with E-state index >= 15 is 0 Å². The predicted octanol–water partition coefficient (Wildman–Crippen LogP) is 1.44. The molecule has 0 radical (unpaired) electrons. The molecule has 0 amide bonds. The van der Waals surface area contributed by atoms with Crippen LogP contribution in [0.5, 0.6) is 0 Å². The highest BCUT2D eigenvalue weighted by molar-refractivity contribution is 5.10. The lowest BCUT2D eigenvalue weighted by Gasteiger charge is -2.41. The molecule has 3 heteroatoms. The number of aromatic nitrogens is 1. The summed E-state index contributed by atoms with van der Waals surface area (Å²) in [7, 11) is 2.16. The maximum absolute atomic E-state index is 6.22. The molecule has 2 N–H and O–H groups in total. The minimum Gasteiger partial charge on any atom is -0.324 e. The van der Waals surface area contributed by atoms with Gasteiger partial charge in [-0.2, -0.15) is 0 Å². The van der Waals surface area contributed by atoms with Crippen molar-refractivity contribution >= 4 is 0 Å². The van der Waals surface area contributed by atoms with Gasteiger partial charge in [0.2, 0.25) is 0 Å². The first kappa shape index (κ1) is 11.6. The average Bonchev–Trinajstić information content (AvgIpc) is 2.26. The Labute approximate surface area is 97.7 Å². The number of rotatable bonds is 5. The van der Waals surface area contributed by atoms with E-state index in [9.17, 15) is 0 Å². The van der Waals surface area contributed by atoms with E-state index in [4.69, 9.17) is 5.73 Å². The Morgan fingerprint density at radius 3 is 2.62 bits per heavy atom. The smallest absolute Gasteiger partial charge is 0.0283 e. The van der Waals surface area contributed by atoms with Gasteiger partial charge in [0.05, 0.1) is 0 Å². The first-order valence-electron chi connectivity index (χ1n) is 6.04. The molecule has 1 aromatic rings. The van der Waals surface area contributed by atoms with E-state index in [-0.39, 0.29) is 5.54 Å². The Morgan fingerprint density at radius 1 is 1.38 bits per heavy atom. The van der Waals surface area contributed by atoms with Crippen LogP contribution in [0.4, 0.5) is 0 Å². The Bertz CT molecular complexity index is 319. The predicted molar refractivity (Wildman–Crippen MR) is 66.2 cm³/mol. The van der Waals surface area contributed by atoms with E-state index in [1.165, 1.54) is 24.8 Å². The van der Waals surface area contributed by atoms with Crippen molar-refractivity contribution in [1.82, 2.24) is 9.88 Å². The number of likely N-dealkylation sites (N-methyl/N-ethyl adjacent to an activating group) is 1. The molecule has 16 heavy (non-hydrogen) atoms. The summed E-state index contributed by atoms with van der Waals surface area (Å²) in [5, 5.41) is 0. The van der Waals surface area contributed by atoms with Gasteiger partial charge in [-0.05, 0) is 50.4 Å². The van der Waals surface area contributed by atoms with Crippen molar-refractivity contribution in [2.75, 3.05) is 20.1 Å². The SMILES string of the molecule is CN(CCc1ccncc1)CC1(N)CCC1. The van der Waals surface area contributed by atoms with Crippen molar-refractivity contribution in [2.24, 2.45) is 5.73 Å². The summed E-state index contributed by atoms with van der Waals surface area (Å²) < 4.78 is 0. The molecule has 0 atom stereocenters. The van der Waals surface area contributed by atoms with Crippen LogP contribution in [0.3, 0.4) is 0 Å². The second-order valence-corrected chi connectivity index (χ2v) is 5.06. The third-order valence-electron chi connectivity index (χ3n) is 3.47. The highest BCUT2D eigenvalue weighted by Crippen LogP contribution is 2.29. The molecule has 1 fully saturated rings. The van der Waals surface area contributed by atoms with E-state index in [0.717, 1.165) is 19.5 Å². The average molecular weight is 219 g/mol. The summed E-state index contributed by atoms with van der Waals surface area (Å²) in [5.41, 5.74) is 7.67. The van der Waals surface area contributed by atoms with Crippen LogP contribution in [0.15, 0.2) is 24.5 Å². The summed E-state index contributed by atoms with van der Waals surface area (Å²) in [6.45, 7) is 2.10. The van der Waals surface area contributed by atoms with E-state index < -0.39 is 0 Å². The van der Waals surface area contributed by atoms with Crippen molar-refractivity contribution in [3.8, 4) is 0 Å². The molecule has 3 nitrogen and oxygen atoms in total. The molecule has 1 aromatic heterocycles. The fourth-order valence-electron chi connectivity index (χ4n) is 2.28. The number of pyridine rings is 1. The Balaban J connectivity index is 1.73. The lowest BCUT2D eigenvalue weighted by atomic mass is 9.77. The van der Waals surface area contributed by atoms with Gasteiger partial charge in [-0.15, -0.1) is 0 Å². The minimum atomic E-state index is 0.104. The summed E-state index contributed by atoms with van der Waals surface area (Å²) in [4.78, 5) is 6.37. The zero-order chi connectivity index (χ0) is 11.4. The molecule has 0 aromatic carbocycles. The molecule has 1 aliphatic rings. The Kier molecular flexibility index (Phi) is 3.56. The summed E-state index contributed by atoms with van der Waals surface area (Å²) in [5.74, 6) is 0. The zero-order valence-electron chi connectivity index (χ0n) is 10.0. The number of hydrogen-bond donors (Lipinski definition) is 1. The molecule has 0 bridgehead atoms. The molecular weight excluding hydrogens is 198 g/mol. The highest BCUT2D eigenvalue weighted by atomic mass is 15.1. The number of hydrogen-bond acceptors (Lipinski definition) is 3. The lowest BCUT2D eigenvalue weighted by Crippen LogP contribution is -2.54. The van der Waals surface area contributed by atoms with Crippen LogP contribution in [0.2, 0.25) is 0 Å². The number of nitrogens with two attached hydrogens (primary N) is 1. The summed E-state index contributed by atoms with van der Waals surface area (Å²) in [6, 6.07) is 4.16. The van der Waals surface area contributed by atoms with E-state index in [0.29, 0.717) is 0 Å². The third kappa shape index (κ3) is 3.03. The maximum atomic E-state index is 6.22. The second-order valence-electron chi connectivity index (χ2n) is 5.06. The van der Waals surface area contributed by atoms with Crippen LogP contribution in [0, 0.1) is 0 Å². The molecule has 0 unspecified atom stereocenters. The van der Waals surface area contributed by atoms with Crippen LogP contribution in [-0.4, -0.2) is 35.6 Å². The van der Waals surface area contributed by atoms with Crippen LogP contribution in [0.25, 0.3) is 0 Å². The molecule has 88 valence electrons. The lowest BCUT2D eigenvalue weighted by molar-refractivity contribution is 0.166. The van der Waals surface area contributed by atoms with Crippen molar-refractivity contribution in [3.63, 3.8) is 0 Å². The van der Waals surface area contributed by atoms with Crippen molar-refractivity contribution in [1.29, 1.82) is 0 Å². The third-order valence-corrected chi connectivity index (χ3v) is 3.47. The van der Waals surface area contributed by atoms with Gasteiger partial charge in [0.25, 0.3) is 0 Å². The fourth-order valence-corrected chi connectivity index (χ4v) is 2.28. The normalized spacial score (nSPS) is 18.4. The fraction of sp³-hybridized carbons (Fsp3) is 0.615. The molecule has 1 saturated carbocycles. The van der Waals surface area contributed by atoms with E-state index in [1.807, 2.05) is 12.4 Å². The van der Waals surface area contributed by atoms with E-state index in [1.54, 1.807) is 0 Å². The second kappa shape index (κ2) is 4.93. The summed E-state index contributed by atoms with van der Waals surface area (Å²) in [6.07, 6.45) is 8.46. The van der Waals surface area contributed by atoms with Crippen LogP contribution < -0.4 is 5.73 Å². The molecule has 0 aliphatic heterocycles. The van der Waals surface area contributed by atoms with Gasteiger partial charge in [0.15, 0.2) is 0 Å². The first-order chi connectivity index (χ1) is 7.68. The zero-order valence-corrected chi connectivity index (χ0v) is 10.0. The Hall–Kier alpha value is -0.930. The van der Waals surface area contributed by atoms with Gasteiger partial charge in [-0.1, -0.05) is 0 Å². The number of nitrogens with zero attached hydrogens (tertiary/aromatic N) is 2. The monoisotopic (exact) mass is 219 g/mol. The summed E-state index contributed by atoms with van der Waals surface area (Å²) >= 11 is 0. The molecular formula is C13H21N3. The van der Waals surface area contributed by atoms with Gasteiger partial charge in [0, 0.05) is 31.0 Å². The van der Waals surface area contributed by atoms with Crippen LogP contribution >= 0.6 is 0 Å². The molecule has 1 heterocycles. The largest absolute Gasteiger partial charge is 0.324 e. The van der Waals surface area contributed by atoms with Crippen molar-refractivity contribution in [2.45, 2.75) is 31.2 Å². The topological polar surface area (TPSA) is 42.2 Å². The van der Waals surface area contributed by atoms with Gasteiger partial charge >= 0.3 is 0 Å². The molecule has 0 saturated heterocycles. The molecule has 2 rings (SSSR count). The first-order valence-corrected chi connectivity index (χ1v) is 6.04. The highest BCUT2D eigenvalue weighted by Gasteiger charge is 2.33. The van der Waals surface area contributed by atoms with Crippen LogP contribution in [-0.2, 0) is 6.42 Å². The van der Waals surface area contributed by atoms with Gasteiger partial charge in [-0.25, -0.2) is 0 Å². The maximum Gasteiger partial charge on any atom is 0.0283 e. The van der Waals surface area contributed by atoms with Crippen molar-refractivity contribution in [3.05, 3.63) is 30.1 Å². The minimum absolute atomic E-state index is 0.104. The van der Waals surface area contributed by atoms with Gasteiger partial charge < -0.3 is 10.6 Å². The van der Waals surface area contributed by atoms with E-state index in [2.05, 4.69) is 29.1 Å². The molecule has 0 spiro atoms. The standard InChI is InChI=1S/C13H21N3/c1-16(11-13(14)6-2-7-13)10-5-12-3-8-15-9-4-12/h3-4,8-9H,2,5-7,10-11,14H2,1H3. The van der Waals surface area contributed by atoms with Crippen LogP contribution in [0.1, 0.15) is 24.8 Å². The van der Waals surface area contributed by atoms with Crippen molar-refractivity contribution < 1.29 is 0 Å². The Morgan fingerprint density at radius 2 is 2.06 bits per heavy atom. The van der Waals surface area contributed by atoms with Gasteiger partial charge in [-0.3, -0.25) is 4.98 Å². The molecule has 1 aliphatic carbocycles. The quantitative estimate of drug-likeness (QED) is 0.814. The van der Waals surface area contributed by atoms with Gasteiger partial charge in [0.1, 0.15) is 0 Å².